The van der Waals surface area contributed by atoms with Gasteiger partial charge >= 0.3 is 0 Å². The minimum Gasteiger partial charge on any atom is -0.370 e. The van der Waals surface area contributed by atoms with Crippen LogP contribution in [0.4, 0.5) is 13.2 Å². The van der Waals surface area contributed by atoms with Gasteiger partial charge < -0.3 is 4.90 Å². The first-order chi connectivity index (χ1) is 8.99. The second-order valence-electron chi connectivity index (χ2n) is 4.30. The Bertz CT molecular complexity index is 564. The summed E-state index contributed by atoms with van der Waals surface area (Å²) in [6, 6.07) is 4.66. The summed E-state index contributed by atoms with van der Waals surface area (Å²) in [5.41, 5.74) is 1.70. The molecular weight excluding hydrogens is 340 g/mol. The van der Waals surface area contributed by atoms with Crippen LogP contribution in [0.5, 0.6) is 0 Å². The van der Waals surface area contributed by atoms with Crippen molar-refractivity contribution >= 4 is 5.70 Å². The van der Waals surface area contributed by atoms with Gasteiger partial charge in [0.1, 0.15) is 0 Å². The summed E-state index contributed by atoms with van der Waals surface area (Å²) in [6.07, 6.45) is 3.40. The Morgan fingerprint density at radius 3 is 2.65 bits per heavy atom. The number of benzene rings is 1. The molecule has 0 fully saturated rings. The molecule has 0 saturated heterocycles. The predicted octanol–water partition coefficient (Wildman–Crippen LogP) is 3.93. The summed E-state index contributed by atoms with van der Waals surface area (Å²) in [5, 5.41) is 0. The Labute approximate surface area is 141 Å². The van der Waals surface area contributed by atoms with Gasteiger partial charge in [0.15, 0.2) is 0 Å². The molecule has 0 aromatic heterocycles. The molecule has 2 rings (SSSR count). The number of hydrogen-bond acceptors (Lipinski definition) is 1. The number of rotatable bonds is 3. The molecule has 5 heteroatoms. The van der Waals surface area contributed by atoms with Crippen LogP contribution in [0.2, 0.25) is 0 Å². The van der Waals surface area contributed by atoms with Crippen LogP contribution in [0.25, 0.3) is 5.70 Å². The molecule has 0 saturated carbocycles. The number of alkyl halides is 2. The van der Waals surface area contributed by atoms with Crippen LogP contribution in [0.15, 0.2) is 42.6 Å². The van der Waals surface area contributed by atoms with E-state index in [0.29, 0.717) is 5.70 Å². The first-order valence-electron chi connectivity index (χ1n) is 5.80. The third kappa shape index (κ3) is 3.83. The zero-order valence-corrected chi connectivity index (χ0v) is 13.9. The van der Waals surface area contributed by atoms with Crippen molar-refractivity contribution < 1.29 is 45.9 Å². The molecule has 1 radical (unpaired) electrons. The normalized spacial score (nSPS) is 14.3. The Balaban J connectivity index is 0.00000200. The van der Waals surface area contributed by atoms with E-state index in [1.54, 1.807) is 31.2 Å². The average molecular weight is 353 g/mol. The van der Waals surface area contributed by atoms with Gasteiger partial charge in [0.2, 0.25) is 0 Å². The van der Waals surface area contributed by atoms with E-state index in [2.05, 4.69) is 12.7 Å². The fourth-order valence-electron chi connectivity index (χ4n) is 1.91. The van der Waals surface area contributed by atoms with Crippen molar-refractivity contribution in [3.63, 3.8) is 0 Å². The topological polar surface area (TPSA) is 3.24 Å². The molecule has 103 valence electrons. The maximum atomic E-state index is 13.9. The second-order valence-corrected chi connectivity index (χ2v) is 4.30. The van der Waals surface area contributed by atoms with Gasteiger partial charge in [-0.15, -0.1) is 12.1 Å². The Morgan fingerprint density at radius 1 is 1.35 bits per heavy atom. The fourth-order valence-corrected chi connectivity index (χ4v) is 1.91. The van der Waals surface area contributed by atoms with Gasteiger partial charge in [-0.25, -0.2) is 13.2 Å². The van der Waals surface area contributed by atoms with Gasteiger partial charge in [-0.1, -0.05) is 29.5 Å². The molecule has 0 bridgehead atoms. The van der Waals surface area contributed by atoms with Gasteiger partial charge in [0.25, 0.3) is 6.43 Å². The fraction of sp³-hybridized carbons (Fsp3) is 0.200. The zero-order valence-electron chi connectivity index (χ0n) is 11.0. The molecule has 1 aliphatic rings. The maximum Gasteiger partial charge on any atom is 0.256 e. The molecule has 0 N–H and O–H groups in total. The molecule has 1 aliphatic heterocycles. The van der Waals surface area contributed by atoms with Crippen molar-refractivity contribution in [3.8, 4) is 0 Å². The van der Waals surface area contributed by atoms with Crippen LogP contribution >= 0.6 is 0 Å². The smallest absolute Gasteiger partial charge is 0.256 e. The summed E-state index contributed by atoms with van der Waals surface area (Å²) in [4.78, 5) is 1.28. The van der Waals surface area contributed by atoms with Crippen LogP contribution in [0.3, 0.4) is 0 Å². The molecule has 0 spiro atoms. The van der Waals surface area contributed by atoms with Gasteiger partial charge in [-0.05, 0) is 18.7 Å². The Morgan fingerprint density at radius 2 is 2.05 bits per heavy atom. The number of nitrogens with zero attached hydrogens (tertiary/aromatic N) is 1. The molecule has 1 aromatic carbocycles. The summed E-state index contributed by atoms with van der Waals surface area (Å²) < 4.78 is 39.2. The predicted molar refractivity (Wildman–Crippen MR) is 68.8 cm³/mol. The zero-order chi connectivity index (χ0) is 14.0. The summed E-state index contributed by atoms with van der Waals surface area (Å²) >= 11 is 0. The van der Waals surface area contributed by atoms with Crippen molar-refractivity contribution in [3.05, 3.63) is 65.6 Å². The molecule has 0 aliphatic carbocycles. The quantitative estimate of drug-likeness (QED) is 0.745. The third-order valence-electron chi connectivity index (χ3n) is 2.81. The maximum absolute atomic E-state index is 13.9. The molecule has 0 amide bonds. The minimum absolute atomic E-state index is 0. The van der Waals surface area contributed by atoms with Gasteiger partial charge in [-0.2, -0.15) is 12.2 Å². The number of hydrogen-bond donors (Lipinski definition) is 0. The van der Waals surface area contributed by atoms with Crippen LogP contribution in [0.1, 0.15) is 11.1 Å². The van der Waals surface area contributed by atoms with Gasteiger partial charge in [-0.3, -0.25) is 0 Å². The number of aryl methyl sites for hydroxylation is 1. The summed E-state index contributed by atoms with van der Waals surface area (Å²) in [7, 11) is 0. The third-order valence-corrected chi connectivity index (χ3v) is 2.81. The van der Waals surface area contributed by atoms with Crippen molar-refractivity contribution in [1.29, 1.82) is 0 Å². The molecule has 1 aromatic rings. The molecule has 0 unspecified atom stereocenters. The summed E-state index contributed by atoms with van der Waals surface area (Å²) in [6.45, 7) is 4.93. The van der Waals surface area contributed by atoms with Crippen LogP contribution < -0.4 is 0 Å². The SMILES string of the molecule is C=C1C=C[C-]=C(c2ccc(C)cc2F)N1CC(F)F.[Y]. The Kier molecular flexibility index (Phi) is 6.21. The van der Waals surface area contributed by atoms with Crippen LogP contribution in [0, 0.1) is 18.8 Å². The van der Waals surface area contributed by atoms with Crippen LogP contribution in [-0.2, 0) is 32.7 Å². The first kappa shape index (κ1) is 17.2. The van der Waals surface area contributed by atoms with E-state index < -0.39 is 18.8 Å². The summed E-state index contributed by atoms with van der Waals surface area (Å²) in [5.74, 6) is -0.454. The van der Waals surface area contributed by atoms with Gasteiger partial charge in [0.05, 0.1) is 12.4 Å². The molecule has 1 heterocycles. The van der Waals surface area contributed by atoms with E-state index in [0.717, 1.165) is 5.56 Å². The van der Waals surface area contributed by atoms with Crippen molar-refractivity contribution in [2.75, 3.05) is 6.54 Å². The number of halogens is 3. The first-order valence-corrected chi connectivity index (χ1v) is 5.80. The Hall–Kier alpha value is -0.866. The van der Waals surface area contributed by atoms with E-state index in [4.69, 9.17) is 0 Å². The second kappa shape index (κ2) is 7.23. The van der Waals surface area contributed by atoms with E-state index >= 15 is 0 Å². The standard InChI is InChI=1S/C15H13F3N.Y/c1-10-6-7-12(13(16)8-10)14-5-3-4-11(2)19(14)9-15(17)18;/h3-4,6-8,15H,2,9H2,1H3;/q-1;. The van der Waals surface area contributed by atoms with Crippen molar-refractivity contribution in [2.45, 2.75) is 13.3 Å². The monoisotopic (exact) mass is 353 g/mol. The molecule has 1 nitrogen and oxygen atoms in total. The van der Waals surface area contributed by atoms with E-state index in [-0.39, 0.29) is 44.0 Å². The van der Waals surface area contributed by atoms with Gasteiger partial charge in [0, 0.05) is 32.7 Å². The molecular formula is C15H13F3NY-. The van der Waals surface area contributed by atoms with Crippen LogP contribution in [-0.4, -0.2) is 17.9 Å². The largest absolute Gasteiger partial charge is 0.370 e. The van der Waals surface area contributed by atoms with E-state index in [1.807, 2.05) is 0 Å². The van der Waals surface area contributed by atoms with Crippen molar-refractivity contribution in [2.24, 2.45) is 0 Å². The molecule has 20 heavy (non-hydrogen) atoms. The van der Waals surface area contributed by atoms with E-state index in [1.165, 1.54) is 11.0 Å². The minimum atomic E-state index is -2.53. The molecule has 0 atom stereocenters. The average Bonchev–Trinajstić information content (AvgIpc) is 2.32. The number of allylic oxidation sites excluding steroid dienone is 3. The van der Waals surface area contributed by atoms with Crippen molar-refractivity contribution in [1.82, 2.24) is 4.90 Å². The van der Waals surface area contributed by atoms with E-state index in [9.17, 15) is 13.2 Å².